The van der Waals surface area contributed by atoms with Gasteiger partial charge >= 0.3 is 19.8 Å². The smallest absolute Gasteiger partial charge is 0.462 e. The number of esters is 2. The predicted molar refractivity (Wildman–Crippen MR) is 238 cm³/mol. The molecule has 0 heterocycles. The van der Waals surface area contributed by atoms with Gasteiger partial charge in [0.05, 0.1) is 13.2 Å². The number of hydrogen-bond acceptors (Lipinski definition) is 8. The Bertz CT molecular complexity index is 1120. The Labute approximate surface area is 349 Å². The minimum Gasteiger partial charge on any atom is -0.462 e. The Morgan fingerprint density at radius 1 is 0.544 bits per heavy atom. The van der Waals surface area contributed by atoms with Crippen molar-refractivity contribution in [1.82, 2.24) is 0 Å². The van der Waals surface area contributed by atoms with Crippen molar-refractivity contribution in [1.29, 1.82) is 0 Å². The average molecular weight is 822 g/mol. The monoisotopic (exact) mass is 822 g/mol. The second-order valence-corrected chi connectivity index (χ2v) is 16.3. The summed E-state index contributed by atoms with van der Waals surface area (Å²) in [5.41, 5.74) is 5.35. The lowest BCUT2D eigenvalue weighted by Crippen LogP contribution is -2.29. The zero-order valence-electron chi connectivity index (χ0n) is 36.3. The number of unbranched alkanes of at least 4 members (excludes halogenated alkanes) is 19. The molecule has 3 N–H and O–H groups in total. The molecule has 0 amide bonds. The van der Waals surface area contributed by atoms with Crippen molar-refractivity contribution in [2.75, 3.05) is 26.4 Å². The molecule has 0 saturated carbocycles. The van der Waals surface area contributed by atoms with Crippen LogP contribution in [0.1, 0.15) is 194 Å². The van der Waals surface area contributed by atoms with E-state index in [0.717, 1.165) is 70.6 Å². The number of phosphoric ester groups is 1. The lowest BCUT2D eigenvalue weighted by molar-refractivity contribution is -0.161. The number of phosphoric acid groups is 1. The van der Waals surface area contributed by atoms with Crippen molar-refractivity contribution in [3.8, 4) is 0 Å². The maximum atomic E-state index is 12.6. The van der Waals surface area contributed by atoms with Crippen LogP contribution >= 0.6 is 7.82 Å². The molecule has 0 radical (unpaired) electrons. The molecule has 57 heavy (non-hydrogen) atoms. The number of allylic oxidation sites excluding steroid dienone is 10. The summed E-state index contributed by atoms with van der Waals surface area (Å²) in [5.74, 6) is -0.859. The molecular formula is C47H84NO8P. The highest BCUT2D eigenvalue weighted by Gasteiger charge is 2.26. The molecule has 9 nitrogen and oxygen atoms in total. The summed E-state index contributed by atoms with van der Waals surface area (Å²) in [7, 11) is -4.39. The summed E-state index contributed by atoms with van der Waals surface area (Å²) in [5, 5.41) is 0. The second kappa shape index (κ2) is 43.3. The van der Waals surface area contributed by atoms with E-state index in [1.165, 1.54) is 83.5 Å². The zero-order chi connectivity index (χ0) is 41.8. The number of ether oxygens (including phenoxy) is 2. The molecule has 2 atom stereocenters. The topological polar surface area (TPSA) is 134 Å². The molecule has 0 aromatic rings. The molecule has 0 spiro atoms. The minimum absolute atomic E-state index is 0.0472. The molecule has 10 heteroatoms. The normalized spacial score (nSPS) is 13.8. The summed E-state index contributed by atoms with van der Waals surface area (Å²) in [6.45, 7) is 3.59. The highest BCUT2D eigenvalue weighted by molar-refractivity contribution is 7.47. The van der Waals surface area contributed by atoms with Gasteiger partial charge in [0.25, 0.3) is 0 Å². The van der Waals surface area contributed by atoms with Gasteiger partial charge in [-0.15, -0.1) is 0 Å². The predicted octanol–water partition coefficient (Wildman–Crippen LogP) is 13.3. The Balaban J connectivity index is 4.16. The fourth-order valence-electron chi connectivity index (χ4n) is 6.03. The molecule has 0 rings (SSSR count). The summed E-state index contributed by atoms with van der Waals surface area (Å²) in [4.78, 5) is 34.9. The summed E-state index contributed by atoms with van der Waals surface area (Å²) in [6.07, 6.45) is 51.1. The first-order chi connectivity index (χ1) is 27.8. The number of rotatable bonds is 42. The van der Waals surface area contributed by atoms with E-state index in [0.29, 0.717) is 12.8 Å². The van der Waals surface area contributed by atoms with Crippen LogP contribution in [0.2, 0.25) is 0 Å². The van der Waals surface area contributed by atoms with E-state index in [1.54, 1.807) is 0 Å². The second-order valence-electron chi connectivity index (χ2n) is 14.9. The Morgan fingerprint density at radius 3 is 1.46 bits per heavy atom. The molecule has 0 bridgehead atoms. The first-order valence-electron chi connectivity index (χ1n) is 22.8. The van der Waals surface area contributed by atoms with Crippen LogP contribution in [0, 0.1) is 0 Å². The molecule has 0 aliphatic heterocycles. The Morgan fingerprint density at radius 2 is 0.965 bits per heavy atom. The molecule has 330 valence electrons. The van der Waals surface area contributed by atoms with Crippen LogP contribution in [0.25, 0.3) is 0 Å². The average Bonchev–Trinajstić information content (AvgIpc) is 3.20. The minimum atomic E-state index is -4.39. The third-order valence-electron chi connectivity index (χ3n) is 9.39. The van der Waals surface area contributed by atoms with Gasteiger partial charge in [-0.05, 0) is 77.0 Å². The number of hydrogen-bond donors (Lipinski definition) is 2. The van der Waals surface area contributed by atoms with E-state index in [1.807, 2.05) is 0 Å². The lowest BCUT2D eigenvalue weighted by atomic mass is 10.1. The molecule has 0 aliphatic carbocycles. The van der Waals surface area contributed by atoms with E-state index >= 15 is 0 Å². The van der Waals surface area contributed by atoms with Gasteiger partial charge in [-0.3, -0.25) is 18.6 Å². The van der Waals surface area contributed by atoms with Crippen LogP contribution in [0.15, 0.2) is 60.8 Å². The Kier molecular flexibility index (Phi) is 41.6. The van der Waals surface area contributed by atoms with Gasteiger partial charge in [0.1, 0.15) is 6.61 Å². The standard InChI is InChI=1S/C47H84NO8P/c1-3-5-7-9-11-13-15-17-19-21-22-24-26-28-30-32-34-36-38-40-47(50)56-45(44-55-57(51,52)54-42-41-48)43-53-46(49)39-37-35-33-31-29-27-25-23-20-18-16-14-12-10-8-6-4-2/h6,8,12,14,17-20,25,27,45H,3-5,7,9-11,13,15-16,21-24,26,28-44,48H2,1-2H3,(H,51,52)/b8-6-,14-12-,19-17-,20-18-,27-25-/t45-/m1/s1. The van der Waals surface area contributed by atoms with Crippen LogP contribution in [0.5, 0.6) is 0 Å². The first kappa shape index (κ1) is 54.7. The summed E-state index contributed by atoms with van der Waals surface area (Å²) >= 11 is 0. The molecule has 1 unspecified atom stereocenters. The van der Waals surface area contributed by atoms with Crippen molar-refractivity contribution >= 4 is 19.8 Å². The zero-order valence-corrected chi connectivity index (χ0v) is 37.2. The van der Waals surface area contributed by atoms with E-state index < -0.39 is 32.5 Å². The van der Waals surface area contributed by atoms with Gasteiger partial charge in [-0.1, -0.05) is 164 Å². The number of nitrogens with two attached hydrogens (primary N) is 1. The largest absolute Gasteiger partial charge is 0.472 e. The summed E-state index contributed by atoms with van der Waals surface area (Å²) < 4.78 is 32.8. The molecular weight excluding hydrogens is 737 g/mol. The fourth-order valence-corrected chi connectivity index (χ4v) is 6.80. The van der Waals surface area contributed by atoms with Gasteiger partial charge in [0.15, 0.2) is 6.10 Å². The van der Waals surface area contributed by atoms with Crippen LogP contribution in [0.3, 0.4) is 0 Å². The molecule has 0 saturated heterocycles. The van der Waals surface area contributed by atoms with Gasteiger partial charge < -0.3 is 20.1 Å². The van der Waals surface area contributed by atoms with Crippen LogP contribution < -0.4 is 5.73 Å². The maximum absolute atomic E-state index is 12.6. The van der Waals surface area contributed by atoms with Gasteiger partial charge in [0, 0.05) is 19.4 Å². The molecule has 0 aromatic heterocycles. The van der Waals surface area contributed by atoms with E-state index in [2.05, 4.69) is 74.6 Å². The van der Waals surface area contributed by atoms with Gasteiger partial charge in [-0.25, -0.2) is 4.57 Å². The quantitative estimate of drug-likeness (QED) is 0.0267. The fraction of sp³-hybridized carbons (Fsp3) is 0.745. The number of carbonyl (C=O) groups excluding carboxylic acids is 2. The van der Waals surface area contributed by atoms with E-state index in [9.17, 15) is 19.0 Å². The first-order valence-corrected chi connectivity index (χ1v) is 24.3. The molecule has 0 aromatic carbocycles. The van der Waals surface area contributed by atoms with Crippen LogP contribution in [-0.2, 0) is 32.7 Å². The van der Waals surface area contributed by atoms with Crippen molar-refractivity contribution in [3.05, 3.63) is 60.8 Å². The van der Waals surface area contributed by atoms with E-state index in [-0.39, 0.29) is 32.6 Å². The maximum Gasteiger partial charge on any atom is 0.472 e. The van der Waals surface area contributed by atoms with Crippen molar-refractivity contribution in [3.63, 3.8) is 0 Å². The molecule has 0 fully saturated rings. The highest BCUT2D eigenvalue weighted by Crippen LogP contribution is 2.43. The third-order valence-corrected chi connectivity index (χ3v) is 10.4. The van der Waals surface area contributed by atoms with Crippen LogP contribution in [0.4, 0.5) is 0 Å². The lowest BCUT2D eigenvalue weighted by Gasteiger charge is -2.19. The summed E-state index contributed by atoms with van der Waals surface area (Å²) in [6, 6.07) is 0. The number of carbonyl (C=O) groups is 2. The highest BCUT2D eigenvalue weighted by atomic mass is 31.2. The van der Waals surface area contributed by atoms with Gasteiger partial charge in [-0.2, -0.15) is 0 Å². The van der Waals surface area contributed by atoms with Crippen molar-refractivity contribution in [2.45, 2.75) is 200 Å². The van der Waals surface area contributed by atoms with Crippen molar-refractivity contribution in [2.24, 2.45) is 5.73 Å². The Hall–Kier alpha value is -2.29. The third kappa shape index (κ3) is 43.1. The SMILES string of the molecule is CC/C=C\C/C=C\C/C=C\C/C=C\CCCCCCC(=O)OC[C@H](COP(=O)(O)OCCN)OC(=O)CCCCCCCCCCC/C=C\CCCCCCCC. The van der Waals surface area contributed by atoms with E-state index in [4.69, 9.17) is 24.3 Å². The van der Waals surface area contributed by atoms with Crippen molar-refractivity contribution < 1.29 is 37.6 Å². The van der Waals surface area contributed by atoms with Crippen LogP contribution in [-0.4, -0.2) is 49.3 Å². The molecule has 0 aliphatic rings. The van der Waals surface area contributed by atoms with Gasteiger partial charge in [0.2, 0.25) is 0 Å².